The standard InChI is InChI=1S/C22H31N3O2/c1-2-3-4-5-6-7-8-9-10-15-21(26)25-23-17-19-16-18-13-11-12-14-20(18)24-22(19)27/h11-14,16-17H,2-10,15H2,1H3,(H,24,27)(H,25,26). The topological polar surface area (TPSA) is 74.3 Å². The molecule has 0 spiro atoms. The number of carbonyl (C=O) groups is 1. The number of fused-ring (bicyclic) bond motifs is 1. The van der Waals surface area contributed by atoms with Crippen molar-refractivity contribution in [1.29, 1.82) is 0 Å². The Balaban J connectivity index is 1.64. The zero-order chi connectivity index (χ0) is 19.3. The van der Waals surface area contributed by atoms with Crippen molar-refractivity contribution in [3.05, 3.63) is 46.2 Å². The van der Waals surface area contributed by atoms with Crippen LogP contribution in [-0.2, 0) is 4.79 Å². The third-order valence-electron chi connectivity index (χ3n) is 4.68. The van der Waals surface area contributed by atoms with Crippen LogP contribution >= 0.6 is 0 Å². The average molecular weight is 370 g/mol. The van der Waals surface area contributed by atoms with E-state index in [-0.39, 0.29) is 11.5 Å². The number of rotatable bonds is 12. The number of H-pyrrole nitrogens is 1. The van der Waals surface area contributed by atoms with Gasteiger partial charge in [0.25, 0.3) is 5.56 Å². The highest BCUT2D eigenvalue weighted by Crippen LogP contribution is 2.11. The number of pyridine rings is 1. The molecule has 2 aromatic rings. The summed E-state index contributed by atoms with van der Waals surface area (Å²) >= 11 is 0. The van der Waals surface area contributed by atoms with E-state index >= 15 is 0 Å². The Hall–Kier alpha value is -2.43. The number of hydrogen-bond donors (Lipinski definition) is 2. The fourth-order valence-electron chi connectivity index (χ4n) is 3.09. The van der Waals surface area contributed by atoms with E-state index in [4.69, 9.17) is 0 Å². The van der Waals surface area contributed by atoms with Crippen molar-refractivity contribution in [2.24, 2.45) is 5.10 Å². The van der Waals surface area contributed by atoms with Crippen molar-refractivity contribution in [3.8, 4) is 0 Å². The Morgan fingerprint density at radius 1 is 1.04 bits per heavy atom. The second kappa shape index (κ2) is 12.0. The van der Waals surface area contributed by atoms with Crippen LogP contribution in [0.1, 0.15) is 76.7 Å². The second-order valence-electron chi connectivity index (χ2n) is 7.01. The zero-order valence-corrected chi connectivity index (χ0v) is 16.3. The van der Waals surface area contributed by atoms with E-state index in [1.54, 1.807) is 6.07 Å². The molecule has 1 heterocycles. The number of aromatic nitrogens is 1. The molecule has 0 saturated carbocycles. The summed E-state index contributed by atoms with van der Waals surface area (Å²) < 4.78 is 0. The van der Waals surface area contributed by atoms with Gasteiger partial charge in [-0.15, -0.1) is 0 Å². The van der Waals surface area contributed by atoms with Gasteiger partial charge in [-0.3, -0.25) is 9.59 Å². The lowest BCUT2D eigenvalue weighted by atomic mass is 10.1. The molecular formula is C22H31N3O2. The molecule has 5 nitrogen and oxygen atoms in total. The summed E-state index contributed by atoms with van der Waals surface area (Å²) in [7, 11) is 0. The fourth-order valence-corrected chi connectivity index (χ4v) is 3.09. The highest BCUT2D eigenvalue weighted by molar-refractivity contribution is 5.88. The Kier molecular flexibility index (Phi) is 9.31. The number of amides is 1. The number of hydrazone groups is 1. The number of nitrogens with zero attached hydrogens (tertiary/aromatic N) is 1. The number of hydrogen-bond acceptors (Lipinski definition) is 3. The quantitative estimate of drug-likeness (QED) is 0.317. The minimum absolute atomic E-state index is 0.105. The molecule has 0 radical (unpaired) electrons. The molecule has 0 aliphatic rings. The van der Waals surface area contributed by atoms with Crippen LogP contribution in [0.3, 0.4) is 0 Å². The monoisotopic (exact) mass is 369 g/mol. The third kappa shape index (κ3) is 7.77. The van der Waals surface area contributed by atoms with E-state index in [1.807, 2.05) is 24.3 Å². The molecule has 0 aliphatic heterocycles. The zero-order valence-electron chi connectivity index (χ0n) is 16.3. The molecule has 0 unspecified atom stereocenters. The lowest BCUT2D eigenvalue weighted by Crippen LogP contribution is -2.18. The maximum Gasteiger partial charge on any atom is 0.257 e. The van der Waals surface area contributed by atoms with E-state index in [1.165, 1.54) is 51.2 Å². The molecule has 2 rings (SSSR count). The van der Waals surface area contributed by atoms with Gasteiger partial charge in [-0.05, 0) is 23.9 Å². The molecule has 1 aromatic carbocycles. The highest BCUT2D eigenvalue weighted by Gasteiger charge is 2.02. The van der Waals surface area contributed by atoms with Crippen LogP contribution in [-0.4, -0.2) is 17.1 Å². The summed E-state index contributed by atoms with van der Waals surface area (Å²) in [6.45, 7) is 2.23. The summed E-state index contributed by atoms with van der Waals surface area (Å²) in [6, 6.07) is 9.33. The minimum Gasteiger partial charge on any atom is -0.321 e. The molecule has 5 heteroatoms. The predicted octanol–water partition coefficient (Wildman–Crippen LogP) is 4.90. The summed E-state index contributed by atoms with van der Waals surface area (Å²) in [4.78, 5) is 26.6. The van der Waals surface area contributed by atoms with Crippen LogP contribution in [0.15, 0.2) is 40.2 Å². The van der Waals surface area contributed by atoms with E-state index in [9.17, 15) is 9.59 Å². The maximum absolute atomic E-state index is 12.0. The Bertz CT molecular complexity index is 795. The van der Waals surface area contributed by atoms with Gasteiger partial charge in [0.05, 0.1) is 11.8 Å². The summed E-state index contributed by atoms with van der Waals surface area (Å²) in [5.74, 6) is -0.105. The van der Waals surface area contributed by atoms with Crippen molar-refractivity contribution in [1.82, 2.24) is 10.4 Å². The van der Waals surface area contributed by atoms with Gasteiger partial charge in [0, 0.05) is 11.9 Å². The van der Waals surface area contributed by atoms with E-state index in [0.29, 0.717) is 12.0 Å². The molecule has 27 heavy (non-hydrogen) atoms. The van der Waals surface area contributed by atoms with Crippen molar-refractivity contribution in [2.45, 2.75) is 71.1 Å². The lowest BCUT2D eigenvalue weighted by molar-refractivity contribution is -0.121. The minimum atomic E-state index is -0.217. The maximum atomic E-state index is 12.0. The smallest absolute Gasteiger partial charge is 0.257 e. The highest BCUT2D eigenvalue weighted by atomic mass is 16.2. The SMILES string of the molecule is CCCCCCCCCCCC(=O)NN=Cc1cc2ccccc2[nH]c1=O. The molecule has 0 atom stereocenters. The van der Waals surface area contributed by atoms with Crippen LogP contribution in [0.4, 0.5) is 0 Å². The molecule has 0 aliphatic carbocycles. The van der Waals surface area contributed by atoms with Crippen molar-refractivity contribution in [3.63, 3.8) is 0 Å². The molecule has 0 bridgehead atoms. The average Bonchev–Trinajstić information content (AvgIpc) is 2.67. The van der Waals surface area contributed by atoms with Crippen LogP contribution < -0.4 is 11.0 Å². The first kappa shape index (κ1) is 20.9. The number of carbonyl (C=O) groups excluding carboxylic acids is 1. The van der Waals surface area contributed by atoms with Gasteiger partial charge < -0.3 is 4.98 Å². The van der Waals surface area contributed by atoms with Gasteiger partial charge >= 0.3 is 0 Å². The number of benzene rings is 1. The van der Waals surface area contributed by atoms with Crippen LogP contribution in [0.2, 0.25) is 0 Å². The molecule has 2 N–H and O–H groups in total. The lowest BCUT2D eigenvalue weighted by Gasteiger charge is -2.02. The van der Waals surface area contributed by atoms with Crippen LogP contribution in [0, 0.1) is 0 Å². The van der Waals surface area contributed by atoms with Crippen molar-refractivity contribution >= 4 is 23.0 Å². The summed E-state index contributed by atoms with van der Waals surface area (Å²) in [6.07, 6.45) is 12.9. The Labute approximate surface area is 161 Å². The molecule has 1 amide bonds. The first-order chi connectivity index (χ1) is 13.2. The van der Waals surface area contributed by atoms with Gasteiger partial charge in [0.1, 0.15) is 0 Å². The number of para-hydroxylation sites is 1. The van der Waals surface area contributed by atoms with Crippen molar-refractivity contribution in [2.75, 3.05) is 0 Å². The first-order valence-corrected chi connectivity index (χ1v) is 10.1. The molecule has 0 fully saturated rings. The van der Waals surface area contributed by atoms with Crippen LogP contribution in [0.5, 0.6) is 0 Å². The van der Waals surface area contributed by atoms with E-state index in [2.05, 4.69) is 22.4 Å². The van der Waals surface area contributed by atoms with E-state index in [0.717, 1.165) is 23.7 Å². The third-order valence-corrected chi connectivity index (χ3v) is 4.68. The molecular weight excluding hydrogens is 338 g/mol. The first-order valence-electron chi connectivity index (χ1n) is 10.1. The number of aromatic amines is 1. The molecule has 0 saturated heterocycles. The molecule has 1 aromatic heterocycles. The second-order valence-corrected chi connectivity index (χ2v) is 7.01. The number of unbranched alkanes of at least 4 members (excludes halogenated alkanes) is 8. The number of nitrogens with one attached hydrogen (secondary N) is 2. The largest absolute Gasteiger partial charge is 0.321 e. The summed E-state index contributed by atoms with van der Waals surface area (Å²) in [5.41, 5.74) is 3.51. The van der Waals surface area contributed by atoms with Gasteiger partial charge in [-0.2, -0.15) is 5.10 Å². The Morgan fingerprint density at radius 2 is 1.70 bits per heavy atom. The van der Waals surface area contributed by atoms with Gasteiger partial charge in [-0.25, -0.2) is 5.43 Å². The van der Waals surface area contributed by atoms with Crippen LogP contribution in [0.25, 0.3) is 10.9 Å². The fraction of sp³-hybridized carbons (Fsp3) is 0.500. The van der Waals surface area contributed by atoms with Crippen molar-refractivity contribution < 1.29 is 4.79 Å². The predicted molar refractivity (Wildman–Crippen MR) is 112 cm³/mol. The van der Waals surface area contributed by atoms with Gasteiger partial charge in [-0.1, -0.05) is 76.5 Å². The van der Waals surface area contributed by atoms with E-state index < -0.39 is 0 Å². The van der Waals surface area contributed by atoms with Gasteiger partial charge in [0.15, 0.2) is 0 Å². The summed E-state index contributed by atoms with van der Waals surface area (Å²) in [5, 5.41) is 4.85. The van der Waals surface area contributed by atoms with Gasteiger partial charge in [0.2, 0.25) is 5.91 Å². The molecule has 146 valence electrons. The Morgan fingerprint density at radius 3 is 2.44 bits per heavy atom. The normalized spacial score (nSPS) is 11.3.